The summed E-state index contributed by atoms with van der Waals surface area (Å²) in [6, 6.07) is 15.6. The van der Waals surface area contributed by atoms with Crippen LogP contribution in [0.15, 0.2) is 71.3 Å². The molecule has 2 heterocycles. The van der Waals surface area contributed by atoms with E-state index in [0.29, 0.717) is 10.8 Å². The smallest absolute Gasteiger partial charge is 0.370 e. The molecule has 0 unspecified atom stereocenters. The van der Waals surface area contributed by atoms with Crippen LogP contribution in [-0.4, -0.2) is 35.4 Å². The molecule has 9 heteroatoms. The van der Waals surface area contributed by atoms with Crippen molar-refractivity contribution in [3.63, 3.8) is 0 Å². The minimum absolute atomic E-state index is 0.144. The van der Waals surface area contributed by atoms with Gasteiger partial charge in [0.05, 0.1) is 17.4 Å². The molecule has 1 aliphatic heterocycles. The van der Waals surface area contributed by atoms with Gasteiger partial charge in [0.2, 0.25) is 0 Å². The molecule has 1 aliphatic rings. The second kappa shape index (κ2) is 7.92. The summed E-state index contributed by atoms with van der Waals surface area (Å²) in [4.78, 5) is 53.3. The molecular weight excluding hydrogens is 392 g/mol. The summed E-state index contributed by atoms with van der Waals surface area (Å²) in [5.74, 6) is -2.40. The first kappa shape index (κ1) is 18.9. The van der Waals surface area contributed by atoms with E-state index in [0.717, 1.165) is 0 Å². The minimum Gasteiger partial charge on any atom is -0.482 e. The molecule has 1 N–H and O–H groups in total. The van der Waals surface area contributed by atoms with Gasteiger partial charge in [-0.1, -0.05) is 23.3 Å². The van der Waals surface area contributed by atoms with E-state index in [2.05, 4.69) is 5.32 Å². The topological polar surface area (TPSA) is 115 Å². The minimum atomic E-state index is -0.936. The lowest BCUT2D eigenvalue weighted by Crippen LogP contribution is -2.34. The number of anilines is 1. The highest BCUT2D eigenvalue weighted by molar-refractivity contribution is 6.20. The highest BCUT2D eigenvalue weighted by Crippen LogP contribution is 2.23. The number of furan rings is 1. The SMILES string of the molecule is O=C(COc1cccc(NC(=O)c2ccco2)c1)ON1C(=O)c2ccccc2C1=O. The number of hydroxylamine groups is 2. The van der Waals surface area contributed by atoms with Crippen molar-refractivity contribution in [1.82, 2.24) is 5.06 Å². The molecule has 2 aromatic carbocycles. The largest absolute Gasteiger partial charge is 0.482 e. The van der Waals surface area contributed by atoms with Crippen molar-refractivity contribution in [2.75, 3.05) is 11.9 Å². The maximum absolute atomic E-state index is 12.2. The Hall–Kier alpha value is -4.40. The van der Waals surface area contributed by atoms with Gasteiger partial charge in [0.15, 0.2) is 12.4 Å². The Kier molecular flexibility index (Phi) is 5.00. The van der Waals surface area contributed by atoms with Crippen LogP contribution >= 0.6 is 0 Å². The highest BCUT2D eigenvalue weighted by Gasteiger charge is 2.38. The summed E-state index contributed by atoms with van der Waals surface area (Å²) in [7, 11) is 0. The Morgan fingerprint density at radius 2 is 1.67 bits per heavy atom. The Morgan fingerprint density at radius 1 is 0.933 bits per heavy atom. The van der Waals surface area contributed by atoms with Crippen LogP contribution < -0.4 is 10.1 Å². The van der Waals surface area contributed by atoms with Crippen LogP contribution in [0.1, 0.15) is 31.3 Å². The molecule has 4 rings (SSSR count). The van der Waals surface area contributed by atoms with Crippen LogP contribution in [0, 0.1) is 0 Å². The maximum atomic E-state index is 12.2. The quantitative estimate of drug-likeness (QED) is 0.626. The van der Waals surface area contributed by atoms with Crippen LogP contribution in [-0.2, 0) is 9.63 Å². The maximum Gasteiger partial charge on any atom is 0.370 e. The number of ether oxygens (including phenoxy) is 1. The van der Waals surface area contributed by atoms with E-state index < -0.39 is 30.3 Å². The van der Waals surface area contributed by atoms with E-state index in [1.807, 2.05) is 0 Å². The van der Waals surface area contributed by atoms with Crippen molar-refractivity contribution in [3.8, 4) is 5.75 Å². The number of nitrogens with one attached hydrogen (secondary N) is 1. The number of benzene rings is 2. The van der Waals surface area contributed by atoms with Crippen molar-refractivity contribution in [2.24, 2.45) is 0 Å². The van der Waals surface area contributed by atoms with Crippen molar-refractivity contribution < 1.29 is 33.2 Å². The van der Waals surface area contributed by atoms with E-state index in [9.17, 15) is 19.2 Å². The summed E-state index contributed by atoms with van der Waals surface area (Å²) in [6.07, 6.45) is 1.38. The van der Waals surface area contributed by atoms with Crippen LogP contribution in [0.5, 0.6) is 5.75 Å². The lowest BCUT2D eigenvalue weighted by atomic mass is 10.1. The van der Waals surface area contributed by atoms with Gasteiger partial charge in [0, 0.05) is 11.8 Å². The molecule has 0 saturated heterocycles. The Morgan fingerprint density at radius 3 is 2.33 bits per heavy atom. The third-order valence-electron chi connectivity index (χ3n) is 4.14. The zero-order valence-corrected chi connectivity index (χ0v) is 15.4. The number of imide groups is 1. The Balaban J connectivity index is 1.34. The van der Waals surface area contributed by atoms with E-state index >= 15 is 0 Å². The van der Waals surface area contributed by atoms with E-state index in [1.54, 1.807) is 36.4 Å². The molecule has 0 radical (unpaired) electrons. The van der Waals surface area contributed by atoms with Crippen molar-refractivity contribution >= 4 is 29.4 Å². The predicted octanol–water partition coefficient (Wildman–Crippen LogP) is 2.67. The fourth-order valence-corrected chi connectivity index (χ4v) is 2.78. The average Bonchev–Trinajstić information content (AvgIpc) is 3.37. The molecule has 0 fully saturated rings. The van der Waals surface area contributed by atoms with E-state index in [4.69, 9.17) is 14.0 Å². The molecular formula is C21H14N2O7. The molecule has 0 atom stereocenters. The van der Waals surface area contributed by atoms with Gasteiger partial charge in [-0.2, -0.15) is 0 Å². The van der Waals surface area contributed by atoms with Crippen LogP contribution in [0.2, 0.25) is 0 Å². The van der Waals surface area contributed by atoms with Crippen molar-refractivity contribution in [2.45, 2.75) is 0 Å². The van der Waals surface area contributed by atoms with Crippen LogP contribution in [0.4, 0.5) is 5.69 Å². The van der Waals surface area contributed by atoms with Crippen molar-refractivity contribution in [3.05, 3.63) is 83.8 Å². The summed E-state index contributed by atoms with van der Waals surface area (Å²) in [6.45, 7) is -0.553. The van der Waals surface area contributed by atoms with E-state index in [1.165, 1.54) is 30.5 Å². The molecule has 3 amide bonds. The van der Waals surface area contributed by atoms with E-state index in [-0.39, 0.29) is 22.6 Å². The fraction of sp³-hybridized carbons (Fsp3) is 0.0476. The second-order valence-corrected chi connectivity index (χ2v) is 6.16. The molecule has 0 bridgehead atoms. The first-order valence-electron chi connectivity index (χ1n) is 8.79. The number of carbonyl (C=O) groups is 4. The second-order valence-electron chi connectivity index (χ2n) is 6.16. The number of carbonyl (C=O) groups excluding carboxylic acids is 4. The lowest BCUT2D eigenvalue weighted by molar-refractivity contribution is -0.170. The molecule has 30 heavy (non-hydrogen) atoms. The summed E-state index contributed by atoms with van der Waals surface area (Å²) >= 11 is 0. The molecule has 0 aliphatic carbocycles. The summed E-state index contributed by atoms with van der Waals surface area (Å²) < 4.78 is 10.4. The zero-order valence-electron chi connectivity index (χ0n) is 15.4. The fourth-order valence-electron chi connectivity index (χ4n) is 2.78. The third kappa shape index (κ3) is 3.76. The van der Waals surface area contributed by atoms with Crippen molar-refractivity contribution in [1.29, 1.82) is 0 Å². The van der Waals surface area contributed by atoms with Gasteiger partial charge in [-0.05, 0) is 36.4 Å². The summed E-state index contributed by atoms with van der Waals surface area (Å²) in [5.41, 5.74) is 0.745. The monoisotopic (exact) mass is 406 g/mol. The van der Waals surface area contributed by atoms with Gasteiger partial charge in [-0.15, -0.1) is 0 Å². The number of hydrogen-bond donors (Lipinski definition) is 1. The molecule has 0 saturated carbocycles. The van der Waals surface area contributed by atoms with Gasteiger partial charge in [0.25, 0.3) is 17.7 Å². The average molecular weight is 406 g/mol. The van der Waals surface area contributed by atoms with Gasteiger partial charge in [-0.3, -0.25) is 14.4 Å². The van der Waals surface area contributed by atoms with Gasteiger partial charge >= 0.3 is 5.97 Å². The molecule has 1 aromatic heterocycles. The Bertz CT molecular complexity index is 1100. The molecule has 150 valence electrons. The Labute approximate surface area is 169 Å². The number of rotatable bonds is 6. The zero-order chi connectivity index (χ0) is 21.1. The van der Waals surface area contributed by atoms with Gasteiger partial charge in [-0.25, -0.2) is 4.79 Å². The number of fused-ring (bicyclic) bond motifs is 1. The first-order chi connectivity index (χ1) is 14.5. The predicted molar refractivity (Wildman–Crippen MR) is 102 cm³/mol. The molecule has 3 aromatic rings. The standard InChI is InChI=1S/C21H14N2O7/c24-18(30-23-20(26)15-7-1-2-8-16(15)21(23)27)12-29-14-6-3-5-13(11-14)22-19(25)17-9-4-10-28-17/h1-11H,12H2,(H,22,25). The normalized spacial score (nSPS) is 12.5. The lowest BCUT2D eigenvalue weighted by Gasteiger charge is -2.13. The van der Waals surface area contributed by atoms with Gasteiger partial charge in [0.1, 0.15) is 5.75 Å². The number of amides is 3. The number of hydrogen-bond acceptors (Lipinski definition) is 7. The van der Waals surface area contributed by atoms with Crippen LogP contribution in [0.3, 0.4) is 0 Å². The highest BCUT2D eigenvalue weighted by atomic mass is 16.7. The third-order valence-corrected chi connectivity index (χ3v) is 4.14. The summed E-state index contributed by atoms with van der Waals surface area (Å²) in [5, 5.41) is 3.04. The van der Waals surface area contributed by atoms with Crippen LogP contribution in [0.25, 0.3) is 0 Å². The molecule has 9 nitrogen and oxygen atoms in total. The number of nitrogens with zero attached hydrogens (tertiary/aromatic N) is 1. The first-order valence-corrected chi connectivity index (χ1v) is 8.79. The van der Waals surface area contributed by atoms with Gasteiger partial charge < -0.3 is 19.3 Å². The molecule has 0 spiro atoms.